The number of ether oxygens (including phenoxy) is 2. The minimum absolute atomic E-state index is 0.706. The van der Waals surface area contributed by atoms with Crippen molar-refractivity contribution in [3.8, 4) is 11.5 Å². The van der Waals surface area contributed by atoms with E-state index in [-0.39, 0.29) is 0 Å². The number of nitrogens with zero attached hydrogens (tertiary/aromatic N) is 1. The Morgan fingerprint density at radius 1 is 1.11 bits per heavy atom. The molecule has 0 saturated carbocycles. The van der Waals surface area contributed by atoms with Gasteiger partial charge in [0.1, 0.15) is 11.5 Å². The predicted octanol–water partition coefficient (Wildman–Crippen LogP) is 3.02. The van der Waals surface area contributed by atoms with Crippen LogP contribution in [0.5, 0.6) is 11.5 Å². The van der Waals surface area contributed by atoms with Gasteiger partial charge in [-0.15, -0.1) is 0 Å². The van der Waals surface area contributed by atoms with E-state index in [1.807, 2.05) is 37.5 Å². The Balaban J connectivity index is 2.11. The Bertz CT molecular complexity index is 556. The molecular formula is C15H18N2O2. The first-order valence-electron chi connectivity index (χ1n) is 6.09. The highest BCUT2D eigenvalue weighted by Crippen LogP contribution is 2.29. The molecule has 0 unspecified atom stereocenters. The molecule has 1 N–H and O–H groups in total. The second kappa shape index (κ2) is 6.09. The number of benzene rings is 1. The van der Waals surface area contributed by atoms with Crippen molar-refractivity contribution in [1.82, 2.24) is 4.98 Å². The van der Waals surface area contributed by atoms with Crippen LogP contribution in [-0.4, -0.2) is 19.2 Å². The third kappa shape index (κ3) is 3.37. The summed E-state index contributed by atoms with van der Waals surface area (Å²) in [6.07, 6.45) is 3.70. The third-order valence-corrected chi connectivity index (χ3v) is 2.82. The zero-order valence-corrected chi connectivity index (χ0v) is 11.4. The van der Waals surface area contributed by atoms with Gasteiger partial charge in [-0.05, 0) is 30.2 Å². The van der Waals surface area contributed by atoms with Crippen molar-refractivity contribution in [2.75, 3.05) is 19.5 Å². The average Bonchev–Trinajstić information content (AvgIpc) is 2.45. The van der Waals surface area contributed by atoms with Gasteiger partial charge in [0.15, 0.2) is 0 Å². The summed E-state index contributed by atoms with van der Waals surface area (Å²) in [5, 5.41) is 3.34. The zero-order valence-electron chi connectivity index (χ0n) is 11.4. The number of hydrogen-bond acceptors (Lipinski definition) is 4. The van der Waals surface area contributed by atoms with Gasteiger partial charge < -0.3 is 14.8 Å². The lowest BCUT2D eigenvalue weighted by Gasteiger charge is -2.12. The van der Waals surface area contributed by atoms with Crippen molar-refractivity contribution in [2.45, 2.75) is 13.5 Å². The van der Waals surface area contributed by atoms with Crippen molar-refractivity contribution in [1.29, 1.82) is 0 Å². The maximum absolute atomic E-state index is 5.34. The fourth-order valence-corrected chi connectivity index (χ4v) is 1.86. The summed E-state index contributed by atoms with van der Waals surface area (Å²) in [6.45, 7) is 2.74. The van der Waals surface area contributed by atoms with Gasteiger partial charge in [0.25, 0.3) is 0 Å². The molecule has 0 spiro atoms. The molecule has 2 rings (SSSR count). The normalized spacial score (nSPS) is 10.1. The van der Waals surface area contributed by atoms with Crippen molar-refractivity contribution < 1.29 is 9.47 Å². The van der Waals surface area contributed by atoms with Gasteiger partial charge in [-0.25, -0.2) is 0 Å². The van der Waals surface area contributed by atoms with E-state index in [0.29, 0.717) is 6.54 Å². The van der Waals surface area contributed by atoms with Crippen molar-refractivity contribution in [3.63, 3.8) is 0 Å². The van der Waals surface area contributed by atoms with E-state index in [1.54, 1.807) is 14.2 Å². The van der Waals surface area contributed by atoms with Crippen LogP contribution in [0.15, 0.2) is 36.7 Å². The first-order valence-corrected chi connectivity index (χ1v) is 6.09. The van der Waals surface area contributed by atoms with Crippen LogP contribution >= 0.6 is 0 Å². The first-order chi connectivity index (χ1) is 9.22. The standard InChI is InChI=1S/C15H18N2O2/c1-11-6-12(9-16-8-11)10-17-14-5-4-13(18-2)7-15(14)19-3/h4-9,17H,10H2,1-3H3. The number of anilines is 1. The summed E-state index contributed by atoms with van der Waals surface area (Å²) < 4.78 is 10.5. The molecule has 0 saturated heterocycles. The number of nitrogens with one attached hydrogen (secondary N) is 1. The number of aryl methyl sites for hydroxylation is 1. The van der Waals surface area contributed by atoms with Gasteiger partial charge >= 0.3 is 0 Å². The smallest absolute Gasteiger partial charge is 0.145 e. The molecule has 0 radical (unpaired) electrons. The minimum Gasteiger partial charge on any atom is -0.497 e. The maximum Gasteiger partial charge on any atom is 0.145 e. The molecule has 1 aromatic heterocycles. The minimum atomic E-state index is 0.706. The Hall–Kier alpha value is -2.23. The van der Waals surface area contributed by atoms with Crippen molar-refractivity contribution in [2.24, 2.45) is 0 Å². The molecule has 2 aromatic rings. The lowest BCUT2D eigenvalue weighted by atomic mass is 10.2. The van der Waals surface area contributed by atoms with Crippen molar-refractivity contribution in [3.05, 3.63) is 47.8 Å². The monoisotopic (exact) mass is 258 g/mol. The molecule has 1 aromatic carbocycles. The van der Waals surface area contributed by atoms with E-state index in [9.17, 15) is 0 Å². The summed E-state index contributed by atoms with van der Waals surface area (Å²) in [6, 6.07) is 7.81. The van der Waals surface area contributed by atoms with Gasteiger partial charge in [0.2, 0.25) is 0 Å². The molecule has 0 aliphatic heterocycles. The lowest BCUT2D eigenvalue weighted by molar-refractivity contribution is 0.395. The highest BCUT2D eigenvalue weighted by molar-refractivity contribution is 5.59. The third-order valence-electron chi connectivity index (χ3n) is 2.82. The fraction of sp³-hybridized carbons (Fsp3) is 0.267. The van der Waals surface area contributed by atoms with Crippen LogP contribution in [0.3, 0.4) is 0 Å². The highest BCUT2D eigenvalue weighted by atomic mass is 16.5. The second-order valence-corrected chi connectivity index (χ2v) is 4.29. The van der Waals surface area contributed by atoms with Gasteiger partial charge in [0, 0.05) is 25.0 Å². The van der Waals surface area contributed by atoms with Gasteiger partial charge in [-0.3, -0.25) is 4.98 Å². The Morgan fingerprint density at radius 3 is 2.63 bits per heavy atom. The molecule has 0 aliphatic rings. The van der Waals surface area contributed by atoms with E-state index in [2.05, 4.69) is 16.4 Å². The quantitative estimate of drug-likeness (QED) is 0.895. The molecular weight excluding hydrogens is 240 g/mol. The SMILES string of the molecule is COc1ccc(NCc2cncc(C)c2)c(OC)c1. The summed E-state index contributed by atoms with van der Waals surface area (Å²) in [7, 11) is 3.29. The lowest BCUT2D eigenvalue weighted by Crippen LogP contribution is -2.02. The van der Waals surface area contributed by atoms with E-state index in [0.717, 1.165) is 28.3 Å². The second-order valence-electron chi connectivity index (χ2n) is 4.29. The van der Waals surface area contributed by atoms with Crippen LogP contribution in [0.25, 0.3) is 0 Å². The van der Waals surface area contributed by atoms with Gasteiger partial charge in [-0.1, -0.05) is 6.07 Å². The Labute approximate surface area is 113 Å². The fourth-order valence-electron chi connectivity index (χ4n) is 1.86. The van der Waals surface area contributed by atoms with Crippen LogP contribution < -0.4 is 14.8 Å². The molecule has 4 heteroatoms. The van der Waals surface area contributed by atoms with Gasteiger partial charge in [0.05, 0.1) is 19.9 Å². The Kier molecular flexibility index (Phi) is 4.23. The number of rotatable bonds is 5. The van der Waals surface area contributed by atoms with Crippen LogP contribution in [0.4, 0.5) is 5.69 Å². The molecule has 4 nitrogen and oxygen atoms in total. The zero-order chi connectivity index (χ0) is 13.7. The summed E-state index contributed by atoms with van der Waals surface area (Å²) in [5.74, 6) is 1.54. The van der Waals surface area contributed by atoms with Gasteiger partial charge in [-0.2, -0.15) is 0 Å². The van der Waals surface area contributed by atoms with Crippen LogP contribution in [0, 0.1) is 6.92 Å². The molecule has 19 heavy (non-hydrogen) atoms. The van der Waals surface area contributed by atoms with Crippen LogP contribution in [-0.2, 0) is 6.54 Å². The summed E-state index contributed by atoms with van der Waals surface area (Å²) in [4.78, 5) is 4.18. The van der Waals surface area contributed by atoms with Crippen molar-refractivity contribution >= 4 is 5.69 Å². The number of pyridine rings is 1. The van der Waals surface area contributed by atoms with E-state index in [4.69, 9.17) is 9.47 Å². The first kappa shape index (κ1) is 13.2. The molecule has 0 amide bonds. The summed E-state index contributed by atoms with van der Waals surface area (Å²) >= 11 is 0. The van der Waals surface area contributed by atoms with E-state index >= 15 is 0 Å². The molecule has 100 valence electrons. The average molecular weight is 258 g/mol. The van der Waals surface area contributed by atoms with Crippen LogP contribution in [0.2, 0.25) is 0 Å². The number of methoxy groups -OCH3 is 2. The highest BCUT2D eigenvalue weighted by Gasteiger charge is 2.04. The number of hydrogen-bond donors (Lipinski definition) is 1. The topological polar surface area (TPSA) is 43.4 Å². The molecule has 0 fully saturated rings. The van der Waals surface area contributed by atoms with E-state index in [1.165, 1.54) is 0 Å². The predicted molar refractivity (Wildman–Crippen MR) is 75.8 cm³/mol. The Morgan fingerprint density at radius 2 is 1.95 bits per heavy atom. The molecule has 0 bridgehead atoms. The molecule has 1 heterocycles. The van der Waals surface area contributed by atoms with E-state index < -0.39 is 0 Å². The molecule has 0 aliphatic carbocycles. The maximum atomic E-state index is 5.34. The largest absolute Gasteiger partial charge is 0.497 e. The summed E-state index contributed by atoms with van der Waals surface area (Å²) in [5.41, 5.74) is 3.23. The molecule has 0 atom stereocenters. The van der Waals surface area contributed by atoms with Crippen LogP contribution in [0.1, 0.15) is 11.1 Å². The number of aromatic nitrogens is 1.